The van der Waals surface area contributed by atoms with Gasteiger partial charge in [0.05, 0.1) is 5.54 Å². The first-order valence-corrected chi connectivity index (χ1v) is 9.91. The van der Waals surface area contributed by atoms with Crippen LogP contribution in [0.15, 0.2) is 41.4 Å². The summed E-state index contributed by atoms with van der Waals surface area (Å²) in [5, 5.41) is 10.1. The normalized spacial score (nSPS) is 18.3. The fourth-order valence-electron chi connectivity index (χ4n) is 2.69. The summed E-state index contributed by atoms with van der Waals surface area (Å²) in [6.45, 7) is 6.79. The molecule has 0 amide bonds. The summed E-state index contributed by atoms with van der Waals surface area (Å²) in [5.41, 5.74) is -0.177. The molecular formula is C22H37NO2. The molecule has 0 aliphatic carbocycles. The second kappa shape index (κ2) is 12.9. The van der Waals surface area contributed by atoms with Crippen LogP contribution in [-0.4, -0.2) is 29.3 Å². The van der Waals surface area contributed by atoms with Crippen LogP contribution in [0.4, 0.5) is 0 Å². The van der Waals surface area contributed by atoms with Gasteiger partial charge in [-0.3, -0.25) is 0 Å². The number of hydrogen-bond acceptors (Lipinski definition) is 3. The Morgan fingerprint density at radius 3 is 2.28 bits per heavy atom. The summed E-state index contributed by atoms with van der Waals surface area (Å²) in [7, 11) is 0. The van der Waals surface area contributed by atoms with Gasteiger partial charge < -0.3 is 9.84 Å². The van der Waals surface area contributed by atoms with E-state index in [0.29, 0.717) is 12.5 Å². The maximum absolute atomic E-state index is 10.1. The number of aliphatic hydroxyl groups excluding tert-OH is 1. The highest BCUT2D eigenvalue weighted by Gasteiger charge is 2.29. The third-order valence-corrected chi connectivity index (χ3v) is 4.15. The molecule has 0 spiro atoms. The Kier molecular flexibility index (Phi) is 11.2. The minimum absolute atomic E-state index is 0.177. The smallest absolute Gasteiger partial charge is 0.213 e. The van der Waals surface area contributed by atoms with Gasteiger partial charge in [-0.2, -0.15) is 0 Å². The molecule has 0 aromatic carbocycles. The highest BCUT2D eigenvalue weighted by molar-refractivity contribution is 5.82. The lowest BCUT2D eigenvalue weighted by molar-refractivity contribution is 0.180. The van der Waals surface area contributed by atoms with Crippen molar-refractivity contribution >= 4 is 5.90 Å². The summed E-state index contributed by atoms with van der Waals surface area (Å²) in [5.74, 6) is 0.533. The number of aliphatic imine (C=N–C) groups is 1. The molecule has 1 rings (SSSR count). The molecular weight excluding hydrogens is 310 g/mol. The quantitative estimate of drug-likeness (QED) is 0.340. The highest BCUT2D eigenvalue weighted by atomic mass is 16.5. The van der Waals surface area contributed by atoms with Gasteiger partial charge >= 0.3 is 0 Å². The van der Waals surface area contributed by atoms with Crippen LogP contribution in [-0.2, 0) is 4.74 Å². The molecule has 142 valence electrons. The molecule has 0 saturated carbocycles. The fraction of sp³-hybridized carbons (Fsp3) is 0.682. The molecule has 0 radical (unpaired) electrons. The lowest BCUT2D eigenvalue weighted by atomic mass is 10.1. The van der Waals surface area contributed by atoms with Crippen molar-refractivity contribution < 1.29 is 9.84 Å². The molecule has 0 aromatic heterocycles. The lowest BCUT2D eigenvalue weighted by Gasteiger charge is -2.09. The van der Waals surface area contributed by atoms with Crippen molar-refractivity contribution in [1.29, 1.82) is 0 Å². The largest absolute Gasteiger partial charge is 0.477 e. The predicted octanol–water partition coefficient (Wildman–Crippen LogP) is 5.75. The van der Waals surface area contributed by atoms with Gasteiger partial charge in [-0.15, -0.1) is 0 Å². The van der Waals surface area contributed by atoms with Crippen LogP contribution in [0, 0.1) is 0 Å². The van der Waals surface area contributed by atoms with Gasteiger partial charge in [0.1, 0.15) is 12.7 Å². The summed E-state index contributed by atoms with van der Waals surface area (Å²) in [6.07, 6.45) is 22.6. The SMILES string of the molecule is CC/C=C\C/C=C\C/C=C\CCCCCCC(O)C1=NC(C)(C)CO1. The predicted molar refractivity (Wildman–Crippen MR) is 108 cm³/mol. The van der Waals surface area contributed by atoms with Crippen molar-refractivity contribution in [2.75, 3.05) is 6.61 Å². The molecule has 1 aliphatic rings. The number of aliphatic hydroxyl groups is 1. The van der Waals surface area contributed by atoms with E-state index >= 15 is 0 Å². The van der Waals surface area contributed by atoms with E-state index < -0.39 is 6.10 Å². The minimum atomic E-state index is -0.527. The standard InChI is InChI=1S/C22H37NO2/c1-4-5-6-7-8-9-10-11-12-13-14-15-16-17-18-20(24)21-23-22(2,3)19-25-21/h5-6,8-9,11-12,20,24H,4,7,10,13-19H2,1-3H3/b6-5-,9-8-,12-11-. The van der Waals surface area contributed by atoms with Crippen molar-refractivity contribution in [2.24, 2.45) is 4.99 Å². The maximum atomic E-state index is 10.1. The Labute approximate surface area is 154 Å². The molecule has 25 heavy (non-hydrogen) atoms. The molecule has 1 atom stereocenters. The van der Waals surface area contributed by atoms with E-state index in [1.807, 2.05) is 13.8 Å². The van der Waals surface area contributed by atoms with Crippen LogP contribution in [0.25, 0.3) is 0 Å². The van der Waals surface area contributed by atoms with E-state index in [-0.39, 0.29) is 5.54 Å². The molecule has 1 heterocycles. The zero-order chi connectivity index (χ0) is 18.4. The average molecular weight is 348 g/mol. The first-order chi connectivity index (χ1) is 12.0. The van der Waals surface area contributed by atoms with E-state index in [0.717, 1.165) is 44.9 Å². The van der Waals surface area contributed by atoms with Crippen LogP contribution >= 0.6 is 0 Å². The van der Waals surface area contributed by atoms with Gasteiger partial charge in [0, 0.05) is 0 Å². The number of rotatable bonds is 13. The van der Waals surface area contributed by atoms with Gasteiger partial charge in [0.2, 0.25) is 5.90 Å². The minimum Gasteiger partial charge on any atom is -0.477 e. The Hall–Kier alpha value is -1.35. The third kappa shape index (κ3) is 11.0. The van der Waals surface area contributed by atoms with E-state index in [9.17, 15) is 5.11 Å². The van der Waals surface area contributed by atoms with Crippen LogP contribution in [0.2, 0.25) is 0 Å². The molecule has 0 bridgehead atoms. The van der Waals surface area contributed by atoms with Gasteiger partial charge in [0.25, 0.3) is 0 Å². The first kappa shape index (κ1) is 21.7. The number of nitrogens with zero attached hydrogens (tertiary/aromatic N) is 1. The van der Waals surface area contributed by atoms with E-state index in [2.05, 4.69) is 48.4 Å². The van der Waals surface area contributed by atoms with Gasteiger partial charge in [0.15, 0.2) is 0 Å². The number of unbranched alkanes of at least 4 members (excludes halogenated alkanes) is 4. The molecule has 1 N–H and O–H groups in total. The Morgan fingerprint density at radius 1 is 1.00 bits per heavy atom. The molecule has 0 fully saturated rings. The third-order valence-electron chi connectivity index (χ3n) is 4.15. The molecule has 3 nitrogen and oxygen atoms in total. The molecule has 1 unspecified atom stereocenters. The summed E-state index contributed by atoms with van der Waals surface area (Å²) >= 11 is 0. The van der Waals surface area contributed by atoms with Crippen LogP contribution < -0.4 is 0 Å². The van der Waals surface area contributed by atoms with Crippen LogP contribution in [0.5, 0.6) is 0 Å². The van der Waals surface area contributed by atoms with Crippen molar-refractivity contribution in [2.45, 2.75) is 90.2 Å². The average Bonchev–Trinajstić information content (AvgIpc) is 2.95. The second-order valence-corrected chi connectivity index (χ2v) is 7.35. The number of hydrogen-bond donors (Lipinski definition) is 1. The van der Waals surface area contributed by atoms with E-state index in [1.54, 1.807) is 0 Å². The maximum Gasteiger partial charge on any atom is 0.213 e. The van der Waals surface area contributed by atoms with Gasteiger partial charge in [-0.25, -0.2) is 4.99 Å². The highest BCUT2D eigenvalue weighted by Crippen LogP contribution is 2.20. The molecule has 0 aromatic rings. The number of ether oxygens (including phenoxy) is 1. The zero-order valence-electron chi connectivity index (χ0n) is 16.4. The zero-order valence-corrected chi connectivity index (χ0v) is 16.4. The van der Waals surface area contributed by atoms with Gasteiger partial charge in [-0.05, 0) is 52.4 Å². The fourth-order valence-corrected chi connectivity index (χ4v) is 2.69. The summed E-state index contributed by atoms with van der Waals surface area (Å²) in [4.78, 5) is 4.43. The van der Waals surface area contributed by atoms with Crippen molar-refractivity contribution in [1.82, 2.24) is 0 Å². The Bertz CT molecular complexity index is 461. The van der Waals surface area contributed by atoms with E-state index in [4.69, 9.17) is 4.74 Å². The monoisotopic (exact) mass is 347 g/mol. The van der Waals surface area contributed by atoms with Crippen molar-refractivity contribution in [3.63, 3.8) is 0 Å². The molecule has 0 saturated heterocycles. The Balaban J connectivity index is 1.95. The molecule has 1 aliphatic heterocycles. The van der Waals surface area contributed by atoms with Crippen molar-refractivity contribution in [3.8, 4) is 0 Å². The number of allylic oxidation sites excluding steroid dienone is 6. The Morgan fingerprint density at radius 2 is 1.64 bits per heavy atom. The van der Waals surface area contributed by atoms with Gasteiger partial charge in [-0.1, -0.05) is 62.6 Å². The summed E-state index contributed by atoms with van der Waals surface area (Å²) in [6, 6.07) is 0. The first-order valence-electron chi connectivity index (χ1n) is 9.91. The second-order valence-electron chi connectivity index (χ2n) is 7.35. The van der Waals surface area contributed by atoms with Crippen molar-refractivity contribution in [3.05, 3.63) is 36.5 Å². The summed E-state index contributed by atoms with van der Waals surface area (Å²) < 4.78 is 5.48. The topological polar surface area (TPSA) is 41.8 Å². The molecule has 3 heteroatoms. The van der Waals surface area contributed by atoms with Crippen LogP contribution in [0.3, 0.4) is 0 Å². The van der Waals surface area contributed by atoms with E-state index in [1.165, 1.54) is 12.8 Å². The lowest BCUT2D eigenvalue weighted by Crippen LogP contribution is -2.20. The van der Waals surface area contributed by atoms with Crippen LogP contribution in [0.1, 0.15) is 78.6 Å².